The monoisotopic (exact) mass is 404 g/mol. The second kappa shape index (κ2) is 9.08. The van der Waals surface area contributed by atoms with Crippen molar-refractivity contribution in [2.45, 2.75) is 25.7 Å². The van der Waals surface area contributed by atoms with Crippen LogP contribution in [0.3, 0.4) is 0 Å². The van der Waals surface area contributed by atoms with Gasteiger partial charge in [0.1, 0.15) is 0 Å². The van der Waals surface area contributed by atoms with Crippen molar-refractivity contribution in [1.29, 1.82) is 0 Å². The average molecular weight is 405 g/mol. The van der Waals surface area contributed by atoms with Crippen molar-refractivity contribution in [3.05, 3.63) is 65.9 Å². The maximum Gasteiger partial charge on any atom is 0.246 e. The number of hydrogen-bond donors (Lipinski definition) is 1. The number of nitrogens with one attached hydrogen (secondary N) is 1. The van der Waals surface area contributed by atoms with Crippen LogP contribution in [0.15, 0.2) is 54.6 Å². The number of likely N-dealkylation sites (tertiary alicyclic amines) is 1. The van der Waals surface area contributed by atoms with E-state index in [1.807, 2.05) is 42.2 Å². The summed E-state index contributed by atoms with van der Waals surface area (Å²) in [5.74, 6) is 1.77. The summed E-state index contributed by atoms with van der Waals surface area (Å²) in [4.78, 5) is 18.3. The Morgan fingerprint density at radius 3 is 2.87 bits per heavy atom. The quantitative estimate of drug-likeness (QED) is 0.589. The van der Waals surface area contributed by atoms with E-state index in [0.717, 1.165) is 37.0 Å². The Labute approximate surface area is 177 Å². The van der Waals surface area contributed by atoms with Crippen molar-refractivity contribution in [2.75, 3.05) is 26.8 Å². The van der Waals surface area contributed by atoms with Gasteiger partial charge in [0.15, 0.2) is 11.5 Å². The molecule has 1 fully saturated rings. The molecule has 2 heterocycles. The van der Waals surface area contributed by atoms with Crippen molar-refractivity contribution in [3.63, 3.8) is 0 Å². The molecule has 2 aromatic carbocycles. The number of benzene rings is 2. The summed E-state index contributed by atoms with van der Waals surface area (Å²) in [7, 11) is 1.62. The lowest BCUT2D eigenvalue weighted by Crippen LogP contribution is -2.38. The van der Waals surface area contributed by atoms with Crippen LogP contribution in [-0.2, 0) is 4.79 Å². The van der Waals surface area contributed by atoms with Crippen molar-refractivity contribution in [2.24, 2.45) is 0 Å². The number of aromatic nitrogens is 1. The van der Waals surface area contributed by atoms with Crippen LogP contribution in [0, 0.1) is 0 Å². The van der Waals surface area contributed by atoms with Gasteiger partial charge in [-0.1, -0.05) is 24.3 Å². The fourth-order valence-electron chi connectivity index (χ4n) is 4.08. The Balaban J connectivity index is 1.44. The zero-order chi connectivity index (χ0) is 20.9. The number of ether oxygens (including phenoxy) is 2. The molecule has 0 spiro atoms. The van der Waals surface area contributed by atoms with Gasteiger partial charge in [-0.3, -0.25) is 4.79 Å². The van der Waals surface area contributed by atoms with Crippen LogP contribution in [0.25, 0.3) is 17.0 Å². The number of piperidine rings is 1. The highest BCUT2D eigenvalue weighted by atomic mass is 16.5. The SMILES string of the molecule is CCOc1ccc(C=CC(=O)N2CCCC(c3cc4ccccc4[nH]3)C2)cc1OC. The molecule has 30 heavy (non-hydrogen) atoms. The minimum absolute atomic E-state index is 0.0451. The third-order valence-corrected chi connectivity index (χ3v) is 5.63. The lowest BCUT2D eigenvalue weighted by molar-refractivity contribution is -0.127. The number of nitrogens with zero attached hydrogens (tertiary/aromatic N) is 1. The fraction of sp³-hybridized carbons (Fsp3) is 0.320. The van der Waals surface area contributed by atoms with Gasteiger partial charge in [0, 0.05) is 36.3 Å². The van der Waals surface area contributed by atoms with Crippen LogP contribution < -0.4 is 9.47 Å². The minimum Gasteiger partial charge on any atom is -0.493 e. The molecule has 1 aliphatic rings. The Hall–Kier alpha value is -3.21. The number of amides is 1. The number of rotatable bonds is 6. The van der Waals surface area contributed by atoms with Gasteiger partial charge in [0.25, 0.3) is 0 Å². The molecule has 0 radical (unpaired) electrons. The summed E-state index contributed by atoms with van der Waals surface area (Å²) in [6.07, 6.45) is 5.60. The van der Waals surface area contributed by atoms with Gasteiger partial charge in [0.2, 0.25) is 5.91 Å². The van der Waals surface area contributed by atoms with Gasteiger partial charge in [0.05, 0.1) is 13.7 Å². The van der Waals surface area contributed by atoms with E-state index in [1.54, 1.807) is 13.2 Å². The molecular weight excluding hydrogens is 376 g/mol. The van der Waals surface area contributed by atoms with Crippen molar-refractivity contribution >= 4 is 22.9 Å². The van der Waals surface area contributed by atoms with Gasteiger partial charge in [-0.2, -0.15) is 0 Å². The first-order valence-electron chi connectivity index (χ1n) is 10.5. The number of para-hydroxylation sites is 1. The van der Waals surface area contributed by atoms with E-state index >= 15 is 0 Å². The molecule has 5 heteroatoms. The minimum atomic E-state index is 0.0451. The number of fused-ring (bicyclic) bond motifs is 1. The standard InChI is InChI=1S/C25H28N2O3/c1-3-30-23-12-10-18(15-24(23)29-2)11-13-25(28)27-14-6-8-20(17-27)22-16-19-7-4-5-9-21(19)26-22/h4-5,7,9-13,15-16,20,26H,3,6,8,14,17H2,1-2H3. The predicted octanol–water partition coefficient (Wildman–Crippen LogP) is 4.99. The topological polar surface area (TPSA) is 54.6 Å². The normalized spacial score (nSPS) is 16.9. The number of carbonyl (C=O) groups excluding carboxylic acids is 1. The molecule has 1 N–H and O–H groups in total. The van der Waals surface area contributed by atoms with Crippen molar-refractivity contribution in [1.82, 2.24) is 9.88 Å². The predicted molar refractivity (Wildman–Crippen MR) is 120 cm³/mol. The van der Waals surface area contributed by atoms with E-state index in [2.05, 4.69) is 29.2 Å². The number of H-pyrrole nitrogens is 1. The van der Waals surface area contributed by atoms with Gasteiger partial charge >= 0.3 is 0 Å². The molecule has 156 valence electrons. The lowest BCUT2D eigenvalue weighted by atomic mass is 9.94. The Morgan fingerprint density at radius 2 is 2.07 bits per heavy atom. The summed E-state index contributed by atoms with van der Waals surface area (Å²) >= 11 is 0. The third kappa shape index (κ3) is 4.35. The van der Waals surface area contributed by atoms with Crippen LogP contribution in [0.1, 0.15) is 36.9 Å². The second-order valence-electron chi connectivity index (χ2n) is 7.61. The summed E-state index contributed by atoms with van der Waals surface area (Å²) < 4.78 is 10.9. The first-order chi connectivity index (χ1) is 14.7. The van der Waals surface area contributed by atoms with E-state index in [9.17, 15) is 4.79 Å². The van der Waals surface area contributed by atoms with E-state index in [-0.39, 0.29) is 5.91 Å². The molecular formula is C25H28N2O3. The Bertz CT molecular complexity index is 1020. The zero-order valence-electron chi connectivity index (χ0n) is 17.6. The number of carbonyl (C=O) groups is 1. The maximum absolute atomic E-state index is 12.8. The lowest BCUT2D eigenvalue weighted by Gasteiger charge is -2.31. The highest BCUT2D eigenvalue weighted by Crippen LogP contribution is 2.30. The van der Waals surface area contributed by atoms with E-state index < -0.39 is 0 Å². The largest absolute Gasteiger partial charge is 0.493 e. The Morgan fingerprint density at radius 1 is 1.20 bits per heavy atom. The van der Waals surface area contributed by atoms with Crippen LogP contribution in [-0.4, -0.2) is 42.6 Å². The Kier molecular flexibility index (Phi) is 6.07. The molecule has 1 amide bonds. The number of aromatic amines is 1. The van der Waals surface area contributed by atoms with E-state index in [0.29, 0.717) is 24.0 Å². The summed E-state index contributed by atoms with van der Waals surface area (Å²) in [5, 5.41) is 1.22. The van der Waals surface area contributed by atoms with Gasteiger partial charge in [-0.15, -0.1) is 0 Å². The van der Waals surface area contributed by atoms with Crippen LogP contribution in [0.4, 0.5) is 0 Å². The summed E-state index contributed by atoms with van der Waals surface area (Å²) in [6, 6.07) is 16.2. The zero-order valence-corrected chi connectivity index (χ0v) is 17.6. The van der Waals surface area contributed by atoms with Crippen LogP contribution in [0.5, 0.6) is 11.5 Å². The van der Waals surface area contributed by atoms with Crippen molar-refractivity contribution < 1.29 is 14.3 Å². The van der Waals surface area contributed by atoms with Crippen LogP contribution in [0.2, 0.25) is 0 Å². The highest BCUT2D eigenvalue weighted by molar-refractivity contribution is 5.92. The number of methoxy groups -OCH3 is 1. The molecule has 1 atom stereocenters. The molecule has 1 unspecified atom stereocenters. The second-order valence-corrected chi connectivity index (χ2v) is 7.61. The van der Waals surface area contributed by atoms with Gasteiger partial charge in [-0.25, -0.2) is 0 Å². The molecule has 5 nitrogen and oxygen atoms in total. The third-order valence-electron chi connectivity index (χ3n) is 5.63. The average Bonchev–Trinajstić information content (AvgIpc) is 3.23. The van der Waals surface area contributed by atoms with Gasteiger partial charge in [-0.05, 0) is 61.1 Å². The molecule has 0 aliphatic carbocycles. The van der Waals surface area contributed by atoms with E-state index in [1.165, 1.54) is 11.1 Å². The first-order valence-corrected chi connectivity index (χ1v) is 10.5. The molecule has 4 rings (SSSR count). The molecule has 3 aromatic rings. The van der Waals surface area contributed by atoms with Crippen LogP contribution >= 0.6 is 0 Å². The van der Waals surface area contributed by atoms with E-state index in [4.69, 9.17) is 9.47 Å². The molecule has 0 bridgehead atoms. The van der Waals surface area contributed by atoms with Gasteiger partial charge < -0.3 is 19.4 Å². The maximum atomic E-state index is 12.8. The van der Waals surface area contributed by atoms with Crippen molar-refractivity contribution in [3.8, 4) is 11.5 Å². The smallest absolute Gasteiger partial charge is 0.246 e. The molecule has 0 saturated carbocycles. The summed E-state index contributed by atoms with van der Waals surface area (Å²) in [5.41, 5.74) is 3.28. The fourth-order valence-corrected chi connectivity index (χ4v) is 4.08. The number of hydrogen-bond acceptors (Lipinski definition) is 3. The highest BCUT2D eigenvalue weighted by Gasteiger charge is 2.24. The molecule has 1 aromatic heterocycles. The summed E-state index contributed by atoms with van der Waals surface area (Å²) in [6.45, 7) is 4.05. The molecule has 1 aliphatic heterocycles. The first kappa shape index (κ1) is 20.1. The molecule has 1 saturated heterocycles.